The SMILES string of the molecule is COc1ccc(C(=O)NCC(C)(C)N2CCCC2)cc1S(C)(=O)=O. The summed E-state index contributed by atoms with van der Waals surface area (Å²) in [6.45, 7) is 6.81. The summed E-state index contributed by atoms with van der Waals surface area (Å²) in [6.07, 6.45) is 3.48. The Hall–Kier alpha value is -1.60. The molecule has 134 valence electrons. The van der Waals surface area contributed by atoms with Crippen LogP contribution in [-0.4, -0.2) is 57.8 Å². The van der Waals surface area contributed by atoms with Crippen molar-refractivity contribution in [3.8, 4) is 5.75 Å². The molecule has 1 aliphatic heterocycles. The van der Waals surface area contributed by atoms with Crippen LogP contribution in [0.15, 0.2) is 23.1 Å². The molecule has 1 N–H and O–H groups in total. The fourth-order valence-electron chi connectivity index (χ4n) is 2.94. The van der Waals surface area contributed by atoms with Crippen LogP contribution in [0.25, 0.3) is 0 Å². The zero-order valence-corrected chi connectivity index (χ0v) is 15.6. The van der Waals surface area contributed by atoms with E-state index in [1.807, 2.05) is 0 Å². The quantitative estimate of drug-likeness (QED) is 0.841. The summed E-state index contributed by atoms with van der Waals surface area (Å²) in [5.41, 5.74) is 0.187. The van der Waals surface area contributed by atoms with Gasteiger partial charge in [0, 0.05) is 23.9 Å². The Morgan fingerprint density at radius 3 is 2.46 bits per heavy atom. The molecule has 24 heavy (non-hydrogen) atoms. The summed E-state index contributed by atoms with van der Waals surface area (Å²) < 4.78 is 28.8. The number of nitrogens with zero attached hydrogens (tertiary/aromatic N) is 1. The number of likely N-dealkylation sites (tertiary alicyclic amines) is 1. The van der Waals surface area contributed by atoms with Gasteiger partial charge in [-0.2, -0.15) is 0 Å². The van der Waals surface area contributed by atoms with Gasteiger partial charge in [-0.3, -0.25) is 9.69 Å². The van der Waals surface area contributed by atoms with E-state index in [2.05, 4.69) is 24.1 Å². The van der Waals surface area contributed by atoms with E-state index in [0.29, 0.717) is 12.1 Å². The molecular weight excluding hydrogens is 328 g/mol. The van der Waals surface area contributed by atoms with Crippen LogP contribution in [0.4, 0.5) is 0 Å². The molecule has 0 radical (unpaired) electrons. The smallest absolute Gasteiger partial charge is 0.251 e. The molecule has 0 bridgehead atoms. The fourth-order valence-corrected chi connectivity index (χ4v) is 3.80. The third kappa shape index (κ3) is 4.27. The van der Waals surface area contributed by atoms with Crippen LogP contribution >= 0.6 is 0 Å². The minimum Gasteiger partial charge on any atom is -0.495 e. The summed E-state index contributed by atoms with van der Waals surface area (Å²) in [5, 5.41) is 2.92. The number of methoxy groups -OCH3 is 1. The first-order chi connectivity index (χ1) is 11.1. The number of hydrogen-bond acceptors (Lipinski definition) is 5. The molecular formula is C17H26N2O4S. The lowest BCUT2D eigenvalue weighted by Gasteiger charge is -2.35. The molecule has 0 spiro atoms. The number of nitrogens with one attached hydrogen (secondary N) is 1. The maximum atomic E-state index is 12.4. The maximum Gasteiger partial charge on any atom is 0.251 e. The highest BCUT2D eigenvalue weighted by Crippen LogP contribution is 2.25. The van der Waals surface area contributed by atoms with Gasteiger partial charge in [-0.1, -0.05) is 0 Å². The number of amides is 1. The number of hydrogen-bond donors (Lipinski definition) is 1. The molecule has 2 rings (SSSR count). The van der Waals surface area contributed by atoms with Gasteiger partial charge in [-0.05, 0) is 58.0 Å². The van der Waals surface area contributed by atoms with E-state index in [4.69, 9.17) is 4.74 Å². The Morgan fingerprint density at radius 1 is 1.29 bits per heavy atom. The molecule has 1 amide bonds. The molecule has 7 heteroatoms. The predicted octanol–water partition coefficient (Wildman–Crippen LogP) is 1.70. The van der Waals surface area contributed by atoms with Crippen molar-refractivity contribution in [1.82, 2.24) is 10.2 Å². The number of benzene rings is 1. The maximum absolute atomic E-state index is 12.4. The van der Waals surface area contributed by atoms with Crippen LogP contribution < -0.4 is 10.1 Å². The highest BCUT2D eigenvalue weighted by atomic mass is 32.2. The molecule has 1 saturated heterocycles. The van der Waals surface area contributed by atoms with Crippen LogP contribution in [0, 0.1) is 0 Å². The standard InChI is InChI=1S/C17H26N2O4S/c1-17(2,19-9-5-6-10-19)12-18-16(20)13-7-8-14(23-3)15(11-13)24(4,21)22/h7-8,11H,5-6,9-10,12H2,1-4H3,(H,18,20). The van der Waals surface area contributed by atoms with Gasteiger partial charge in [-0.15, -0.1) is 0 Å². The van der Waals surface area contributed by atoms with E-state index < -0.39 is 9.84 Å². The van der Waals surface area contributed by atoms with E-state index in [1.54, 1.807) is 6.07 Å². The number of carbonyl (C=O) groups excluding carboxylic acids is 1. The highest BCUT2D eigenvalue weighted by Gasteiger charge is 2.29. The molecule has 1 aliphatic rings. The number of rotatable bonds is 6. The van der Waals surface area contributed by atoms with Gasteiger partial charge in [0.05, 0.1) is 7.11 Å². The van der Waals surface area contributed by atoms with Crippen LogP contribution in [0.1, 0.15) is 37.0 Å². The molecule has 1 aromatic carbocycles. The summed E-state index contributed by atoms with van der Waals surface area (Å²) in [6, 6.07) is 4.45. The van der Waals surface area contributed by atoms with Gasteiger partial charge in [0.1, 0.15) is 10.6 Å². The Labute approximate surface area is 144 Å². The number of ether oxygens (including phenoxy) is 1. The summed E-state index contributed by atoms with van der Waals surface area (Å²) in [5.74, 6) is -0.0405. The third-order valence-electron chi connectivity index (χ3n) is 4.47. The van der Waals surface area contributed by atoms with Gasteiger partial charge in [0.15, 0.2) is 9.84 Å². The lowest BCUT2D eigenvalue weighted by atomic mass is 10.0. The Morgan fingerprint density at radius 2 is 1.92 bits per heavy atom. The second-order valence-corrected chi connectivity index (χ2v) is 8.81. The minimum atomic E-state index is -3.47. The first kappa shape index (κ1) is 18.7. The van der Waals surface area contributed by atoms with Crippen molar-refractivity contribution >= 4 is 15.7 Å². The molecule has 1 heterocycles. The van der Waals surface area contributed by atoms with E-state index in [1.165, 1.54) is 32.1 Å². The van der Waals surface area contributed by atoms with Crippen LogP contribution in [0.2, 0.25) is 0 Å². The molecule has 0 atom stereocenters. The average Bonchev–Trinajstić information content (AvgIpc) is 3.06. The number of carbonyl (C=O) groups is 1. The average molecular weight is 354 g/mol. The van der Waals surface area contributed by atoms with E-state index in [9.17, 15) is 13.2 Å². The Kier molecular flexibility index (Phi) is 5.55. The Balaban J connectivity index is 2.12. The topological polar surface area (TPSA) is 75.7 Å². The van der Waals surface area contributed by atoms with Crippen molar-refractivity contribution in [2.45, 2.75) is 37.1 Å². The van der Waals surface area contributed by atoms with Crippen LogP contribution in [-0.2, 0) is 9.84 Å². The van der Waals surface area contributed by atoms with E-state index >= 15 is 0 Å². The fraction of sp³-hybridized carbons (Fsp3) is 0.588. The lowest BCUT2D eigenvalue weighted by Crippen LogP contribution is -2.50. The molecule has 1 aromatic rings. The second kappa shape index (κ2) is 7.11. The molecule has 1 fully saturated rings. The van der Waals surface area contributed by atoms with E-state index in [-0.39, 0.29) is 22.1 Å². The van der Waals surface area contributed by atoms with Crippen molar-refractivity contribution < 1.29 is 17.9 Å². The van der Waals surface area contributed by atoms with Gasteiger partial charge in [0.2, 0.25) is 0 Å². The van der Waals surface area contributed by atoms with Crippen molar-refractivity contribution in [3.05, 3.63) is 23.8 Å². The van der Waals surface area contributed by atoms with Crippen molar-refractivity contribution in [2.24, 2.45) is 0 Å². The molecule has 0 aromatic heterocycles. The van der Waals surface area contributed by atoms with E-state index in [0.717, 1.165) is 19.3 Å². The normalized spacial score (nSPS) is 16.2. The van der Waals surface area contributed by atoms with Crippen molar-refractivity contribution in [1.29, 1.82) is 0 Å². The lowest BCUT2D eigenvalue weighted by molar-refractivity contribution is 0.0901. The van der Waals surface area contributed by atoms with Gasteiger partial charge >= 0.3 is 0 Å². The first-order valence-electron chi connectivity index (χ1n) is 8.06. The first-order valence-corrected chi connectivity index (χ1v) is 9.95. The van der Waals surface area contributed by atoms with Gasteiger partial charge < -0.3 is 10.1 Å². The number of sulfone groups is 1. The minimum absolute atomic E-state index is 0.0245. The second-order valence-electron chi connectivity index (χ2n) is 6.83. The molecule has 0 saturated carbocycles. The zero-order valence-electron chi connectivity index (χ0n) is 14.8. The largest absolute Gasteiger partial charge is 0.495 e. The molecule has 0 aliphatic carbocycles. The monoisotopic (exact) mass is 354 g/mol. The van der Waals surface area contributed by atoms with Crippen LogP contribution in [0.5, 0.6) is 5.75 Å². The van der Waals surface area contributed by atoms with Gasteiger partial charge in [-0.25, -0.2) is 8.42 Å². The van der Waals surface area contributed by atoms with Crippen molar-refractivity contribution in [3.63, 3.8) is 0 Å². The molecule has 6 nitrogen and oxygen atoms in total. The predicted molar refractivity (Wildman–Crippen MR) is 93.3 cm³/mol. The highest BCUT2D eigenvalue weighted by molar-refractivity contribution is 7.90. The van der Waals surface area contributed by atoms with Crippen LogP contribution in [0.3, 0.4) is 0 Å². The third-order valence-corrected chi connectivity index (χ3v) is 5.59. The summed E-state index contributed by atoms with van der Waals surface area (Å²) >= 11 is 0. The molecule has 0 unspecified atom stereocenters. The summed E-state index contributed by atoms with van der Waals surface area (Å²) in [4.78, 5) is 14.8. The Bertz CT molecular complexity index is 707. The van der Waals surface area contributed by atoms with Crippen molar-refractivity contribution in [2.75, 3.05) is 33.0 Å². The zero-order chi connectivity index (χ0) is 18.0. The summed E-state index contributed by atoms with van der Waals surface area (Å²) in [7, 11) is -2.07. The van der Waals surface area contributed by atoms with Gasteiger partial charge in [0.25, 0.3) is 5.91 Å².